The number of hydrogen-bond donors (Lipinski definition) is 0. The van der Waals surface area contributed by atoms with Gasteiger partial charge in [-0.3, -0.25) is 3.59 Å². The van der Waals surface area contributed by atoms with Gasteiger partial charge in [0.05, 0.1) is 21.7 Å². The van der Waals surface area contributed by atoms with E-state index in [-0.39, 0.29) is 0 Å². The molecule has 0 N–H and O–H groups in total. The minimum absolute atomic E-state index is 1.15. The Hall–Kier alpha value is -0.760. The fourth-order valence-corrected chi connectivity index (χ4v) is 2.23. The Kier molecular flexibility index (Phi) is 2.40. The van der Waals surface area contributed by atoms with Crippen molar-refractivity contribution in [1.82, 2.24) is 3.59 Å². The van der Waals surface area contributed by atoms with Crippen molar-refractivity contribution < 1.29 is 0 Å². The fraction of sp³-hybridized carbons (Fsp3) is 0.273. The molecule has 0 unspecified atom stereocenters. The Morgan fingerprint density at radius 2 is 2.08 bits per heavy atom. The molecule has 0 aliphatic rings. The van der Waals surface area contributed by atoms with Gasteiger partial charge < -0.3 is 0 Å². The lowest BCUT2D eigenvalue weighted by atomic mass is 10.1. The predicted octanol–water partition coefficient (Wildman–Crippen LogP) is 3.75. The highest BCUT2D eigenvalue weighted by Crippen LogP contribution is 2.23. The van der Waals surface area contributed by atoms with E-state index in [1.165, 1.54) is 22.9 Å². The molecule has 0 aliphatic heterocycles. The van der Waals surface area contributed by atoms with Crippen LogP contribution in [-0.4, -0.2) is 3.59 Å². The molecule has 2 aromatic rings. The Morgan fingerprint density at radius 3 is 2.85 bits per heavy atom. The maximum Gasteiger partial charge on any atom is 0.0594 e. The molecule has 13 heavy (non-hydrogen) atoms. The van der Waals surface area contributed by atoms with Gasteiger partial charge in [-0.05, 0) is 18.1 Å². The number of nitrogens with zero attached hydrogens (tertiary/aromatic N) is 1. The van der Waals surface area contributed by atoms with Crippen LogP contribution in [0.5, 0.6) is 0 Å². The van der Waals surface area contributed by atoms with E-state index in [1.54, 1.807) is 0 Å². The van der Waals surface area contributed by atoms with E-state index in [2.05, 4.69) is 53.5 Å². The normalized spacial score (nSPS) is 10.9. The summed E-state index contributed by atoms with van der Waals surface area (Å²) in [6.45, 7) is 2.21. The lowest BCUT2D eigenvalue weighted by Crippen LogP contribution is -1.78. The SMILES string of the molecule is CCCc1cn(Br)c2ccccc12. The van der Waals surface area contributed by atoms with Crippen molar-refractivity contribution in [1.29, 1.82) is 0 Å². The monoisotopic (exact) mass is 237 g/mol. The van der Waals surface area contributed by atoms with Crippen molar-refractivity contribution in [2.45, 2.75) is 19.8 Å². The summed E-state index contributed by atoms with van der Waals surface area (Å²) < 4.78 is 2.02. The molecule has 1 aromatic heterocycles. The summed E-state index contributed by atoms with van der Waals surface area (Å²) >= 11 is 3.50. The Balaban J connectivity index is 2.63. The van der Waals surface area contributed by atoms with E-state index < -0.39 is 0 Å². The molecule has 0 amide bonds. The largest absolute Gasteiger partial charge is 0.283 e. The summed E-state index contributed by atoms with van der Waals surface area (Å²) in [7, 11) is 0. The molecule has 1 nitrogen and oxygen atoms in total. The number of para-hydroxylation sites is 1. The van der Waals surface area contributed by atoms with Crippen LogP contribution in [0.1, 0.15) is 18.9 Å². The molecule has 2 rings (SSSR count). The molecule has 0 aliphatic carbocycles. The molecular weight excluding hydrogens is 226 g/mol. The number of halogens is 1. The highest BCUT2D eigenvalue weighted by Gasteiger charge is 2.04. The first-order valence-electron chi connectivity index (χ1n) is 4.58. The summed E-state index contributed by atoms with van der Waals surface area (Å²) in [5, 5.41) is 1.36. The summed E-state index contributed by atoms with van der Waals surface area (Å²) in [5.74, 6) is 0. The maximum atomic E-state index is 3.50. The molecule has 0 saturated carbocycles. The Labute approximate surface area is 86.7 Å². The van der Waals surface area contributed by atoms with Gasteiger partial charge in [-0.1, -0.05) is 31.5 Å². The summed E-state index contributed by atoms with van der Waals surface area (Å²) in [5.41, 5.74) is 2.68. The van der Waals surface area contributed by atoms with Gasteiger partial charge in [0.1, 0.15) is 0 Å². The molecule has 2 heteroatoms. The van der Waals surface area contributed by atoms with Gasteiger partial charge in [0, 0.05) is 11.6 Å². The van der Waals surface area contributed by atoms with Gasteiger partial charge in [0.15, 0.2) is 0 Å². The summed E-state index contributed by atoms with van der Waals surface area (Å²) in [6, 6.07) is 8.46. The Morgan fingerprint density at radius 1 is 1.31 bits per heavy atom. The van der Waals surface area contributed by atoms with Crippen LogP contribution in [0.15, 0.2) is 30.5 Å². The first-order valence-corrected chi connectivity index (χ1v) is 5.29. The van der Waals surface area contributed by atoms with Crippen LogP contribution >= 0.6 is 16.1 Å². The van der Waals surface area contributed by atoms with Crippen LogP contribution in [0, 0.1) is 0 Å². The minimum Gasteiger partial charge on any atom is -0.283 e. The topological polar surface area (TPSA) is 4.93 Å². The third-order valence-corrected chi connectivity index (χ3v) is 2.86. The van der Waals surface area contributed by atoms with Crippen molar-refractivity contribution >= 4 is 27.1 Å². The molecule has 0 spiro atoms. The van der Waals surface area contributed by atoms with Crippen LogP contribution in [0.4, 0.5) is 0 Å². The first-order chi connectivity index (χ1) is 6.33. The van der Waals surface area contributed by atoms with Gasteiger partial charge >= 0.3 is 0 Å². The standard InChI is InChI=1S/C11H12BrN/c1-2-5-9-8-13(12)11-7-4-3-6-10(9)11/h3-4,6-8H,2,5H2,1H3. The highest BCUT2D eigenvalue weighted by atomic mass is 79.9. The zero-order chi connectivity index (χ0) is 9.26. The molecule has 68 valence electrons. The average molecular weight is 238 g/mol. The second-order valence-corrected chi connectivity index (χ2v) is 4.00. The minimum atomic E-state index is 1.15. The smallest absolute Gasteiger partial charge is 0.0594 e. The number of aromatic nitrogens is 1. The maximum absolute atomic E-state index is 3.50. The number of aryl methyl sites for hydroxylation is 1. The van der Waals surface area contributed by atoms with E-state index in [4.69, 9.17) is 0 Å². The van der Waals surface area contributed by atoms with Crippen molar-refractivity contribution in [3.8, 4) is 0 Å². The molecule has 1 aromatic carbocycles. The molecular formula is C11H12BrN. The highest BCUT2D eigenvalue weighted by molar-refractivity contribution is 9.08. The number of rotatable bonds is 2. The summed E-state index contributed by atoms with van der Waals surface area (Å²) in [6.07, 6.45) is 4.51. The molecule has 0 bridgehead atoms. The lowest BCUT2D eigenvalue weighted by molar-refractivity contribution is 0.928. The van der Waals surface area contributed by atoms with E-state index in [0.29, 0.717) is 0 Å². The first kappa shape index (κ1) is 8.82. The van der Waals surface area contributed by atoms with Gasteiger partial charge in [-0.2, -0.15) is 0 Å². The molecule has 0 atom stereocenters. The van der Waals surface area contributed by atoms with Crippen LogP contribution in [0.3, 0.4) is 0 Å². The predicted molar refractivity (Wildman–Crippen MR) is 60.3 cm³/mol. The quantitative estimate of drug-likeness (QED) is 0.750. The van der Waals surface area contributed by atoms with Crippen LogP contribution in [0.25, 0.3) is 10.9 Å². The van der Waals surface area contributed by atoms with Gasteiger partial charge in [-0.15, -0.1) is 0 Å². The average Bonchev–Trinajstić information content (AvgIpc) is 2.46. The zero-order valence-electron chi connectivity index (χ0n) is 7.63. The van der Waals surface area contributed by atoms with Gasteiger partial charge in [-0.25, -0.2) is 0 Å². The van der Waals surface area contributed by atoms with Crippen molar-refractivity contribution in [3.63, 3.8) is 0 Å². The van der Waals surface area contributed by atoms with Crippen molar-refractivity contribution in [2.24, 2.45) is 0 Å². The van der Waals surface area contributed by atoms with E-state index in [9.17, 15) is 0 Å². The molecule has 0 saturated heterocycles. The van der Waals surface area contributed by atoms with Crippen molar-refractivity contribution in [2.75, 3.05) is 0 Å². The fourth-order valence-electron chi connectivity index (χ4n) is 1.68. The van der Waals surface area contributed by atoms with Crippen molar-refractivity contribution in [3.05, 3.63) is 36.0 Å². The number of benzene rings is 1. The van der Waals surface area contributed by atoms with Gasteiger partial charge in [0.2, 0.25) is 0 Å². The molecule has 1 heterocycles. The van der Waals surface area contributed by atoms with Gasteiger partial charge in [0.25, 0.3) is 0 Å². The lowest BCUT2D eigenvalue weighted by Gasteiger charge is -1.93. The number of hydrogen-bond acceptors (Lipinski definition) is 0. The molecule has 0 fully saturated rings. The summed E-state index contributed by atoms with van der Waals surface area (Å²) in [4.78, 5) is 0. The van der Waals surface area contributed by atoms with Crippen LogP contribution < -0.4 is 0 Å². The molecule has 0 radical (unpaired) electrons. The third kappa shape index (κ3) is 1.51. The van der Waals surface area contributed by atoms with Crippen LogP contribution in [-0.2, 0) is 6.42 Å². The second-order valence-electron chi connectivity index (χ2n) is 3.23. The van der Waals surface area contributed by atoms with E-state index in [0.717, 1.165) is 6.42 Å². The zero-order valence-corrected chi connectivity index (χ0v) is 9.21. The van der Waals surface area contributed by atoms with Crippen LogP contribution in [0.2, 0.25) is 0 Å². The third-order valence-electron chi connectivity index (χ3n) is 2.27. The van der Waals surface area contributed by atoms with E-state index >= 15 is 0 Å². The van der Waals surface area contributed by atoms with E-state index in [1.807, 2.05) is 3.59 Å². The Bertz CT molecular complexity index is 417. The number of fused-ring (bicyclic) bond motifs is 1. The second kappa shape index (κ2) is 3.54.